The summed E-state index contributed by atoms with van der Waals surface area (Å²) >= 11 is 0. The fourth-order valence-corrected chi connectivity index (χ4v) is 10.4. The minimum absolute atomic E-state index is 0.191. The van der Waals surface area contributed by atoms with Gasteiger partial charge in [0.25, 0.3) is 0 Å². The third kappa shape index (κ3) is 50.7. The molecule has 1 rings (SSSR count). The van der Waals surface area contributed by atoms with E-state index in [0.717, 1.165) is 83.5 Å². The standard InChI is InChI=1S/C74H129NO8/c1-3-5-7-9-11-13-15-17-19-21-23-25-27-29-30-31-32-33-34-35-36-37-38-40-42-44-46-48-50-52-54-56-58-60-62-64-70(78)75-67(66-82-74-73(81)72(80)71(79)69(65-76)83-74)68(77)63-61-59-57-55-53-51-49-47-45-43-41-39-28-26-24-22-20-18-16-14-12-10-8-6-4-2/h5,7,11,13,17,19,23,25,29-30,32-33,45,47,53,55,61,63,67-69,71-74,76-77,79-81H,3-4,6,8-10,12,14-16,18,20-22,24,26-28,31,34-44,46,48-52,54,56-60,62,64-66H2,1-2H3,(H,75,78)/b7-5-,13-11-,19-17-,25-23-,30-29-,33-32-,47-45+,55-53+,63-61+. The maximum absolute atomic E-state index is 13.1. The Labute approximate surface area is 510 Å². The van der Waals surface area contributed by atoms with Gasteiger partial charge in [0.15, 0.2) is 6.29 Å². The highest BCUT2D eigenvalue weighted by Gasteiger charge is 2.44. The second-order valence-corrected chi connectivity index (χ2v) is 23.6. The fraction of sp³-hybridized carbons (Fsp3) is 0.743. The smallest absolute Gasteiger partial charge is 0.220 e. The van der Waals surface area contributed by atoms with Gasteiger partial charge in [-0.15, -0.1) is 0 Å². The number of hydrogen-bond acceptors (Lipinski definition) is 8. The van der Waals surface area contributed by atoms with Crippen LogP contribution in [-0.2, 0) is 14.3 Å². The molecule has 1 heterocycles. The van der Waals surface area contributed by atoms with Crippen LogP contribution in [0.5, 0.6) is 0 Å². The molecule has 7 atom stereocenters. The number of aliphatic hydroxyl groups excluding tert-OH is 5. The molecule has 0 spiro atoms. The van der Waals surface area contributed by atoms with Crippen molar-refractivity contribution in [3.63, 3.8) is 0 Å². The molecule has 1 fully saturated rings. The Kier molecular flexibility index (Phi) is 58.1. The van der Waals surface area contributed by atoms with Crippen molar-refractivity contribution in [1.29, 1.82) is 0 Å². The maximum atomic E-state index is 13.1. The average molecular weight is 1160 g/mol. The van der Waals surface area contributed by atoms with Gasteiger partial charge in [-0.3, -0.25) is 4.79 Å². The van der Waals surface area contributed by atoms with E-state index in [9.17, 15) is 30.3 Å². The summed E-state index contributed by atoms with van der Waals surface area (Å²) in [6.45, 7) is 3.67. The second kappa shape index (κ2) is 61.9. The number of carbonyl (C=O) groups is 1. The molecule has 0 aromatic carbocycles. The molecule has 1 aliphatic heterocycles. The summed E-state index contributed by atoms with van der Waals surface area (Å²) in [5.74, 6) is -0.191. The zero-order chi connectivity index (χ0) is 60.0. The van der Waals surface area contributed by atoms with Crippen LogP contribution >= 0.6 is 0 Å². The molecular formula is C74H129NO8. The van der Waals surface area contributed by atoms with Crippen molar-refractivity contribution in [2.24, 2.45) is 0 Å². The van der Waals surface area contributed by atoms with E-state index in [2.05, 4.69) is 116 Å². The molecule has 9 nitrogen and oxygen atoms in total. The largest absolute Gasteiger partial charge is 0.394 e. The van der Waals surface area contributed by atoms with Crippen LogP contribution in [0.2, 0.25) is 0 Å². The van der Waals surface area contributed by atoms with Crippen molar-refractivity contribution >= 4 is 5.91 Å². The van der Waals surface area contributed by atoms with Gasteiger partial charge in [0.05, 0.1) is 25.4 Å². The fourth-order valence-electron chi connectivity index (χ4n) is 10.4. The molecule has 0 aromatic rings. The molecule has 0 aliphatic carbocycles. The van der Waals surface area contributed by atoms with Crippen molar-refractivity contribution in [3.8, 4) is 0 Å². The summed E-state index contributed by atoms with van der Waals surface area (Å²) < 4.78 is 11.3. The van der Waals surface area contributed by atoms with E-state index in [1.165, 1.54) is 193 Å². The van der Waals surface area contributed by atoms with Crippen LogP contribution in [0.1, 0.15) is 296 Å². The van der Waals surface area contributed by atoms with E-state index in [1.807, 2.05) is 6.08 Å². The summed E-state index contributed by atoms with van der Waals surface area (Å²) in [6.07, 6.45) is 84.7. The number of amides is 1. The van der Waals surface area contributed by atoms with Crippen LogP contribution in [0, 0.1) is 0 Å². The Hall–Kier alpha value is -3.15. The SMILES string of the molecule is CC/C=C\C/C=C\C/C=C\C/C=C\C/C=C\C/C=C\CCCCCCCCCCCCCCCCCCC(=O)NC(COC1OC(CO)C(O)C(O)C1O)C(O)/C=C/CC/C=C/CC/C=C/CCCCCCCCCCCCCCCCC. The first-order valence-electron chi connectivity index (χ1n) is 34.6. The highest BCUT2D eigenvalue weighted by atomic mass is 16.7. The molecule has 7 unspecified atom stereocenters. The second-order valence-electron chi connectivity index (χ2n) is 23.6. The van der Waals surface area contributed by atoms with Gasteiger partial charge in [0.1, 0.15) is 24.4 Å². The zero-order valence-electron chi connectivity index (χ0n) is 53.4. The van der Waals surface area contributed by atoms with Crippen molar-refractivity contribution in [2.75, 3.05) is 13.2 Å². The van der Waals surface area contributed by atoms with Gasteiger partial charge in [-0.25, -0.2) is 0 Å². The Morgan fingerprint density at radius 1 is 0.422 bits per heavy atom. The number of carbonyl (C=O) groups excluding carboxylic acids is 1. The van der Waals surface area contributed by atoms with Crippen LogP contribution < -0.4 is 5.32 Å². The van der Waals surface area contributed by atoms with Gasteiger partial charge in [-0.1, -0.05) is 303 Å². The average Bonchev–Trinajstić information content (AvgIpc) is 3.60. The molecule has 0 saturated carbocycles. The highest BCUT2D eigenvalue weighted by Crippen LogP contribution is 2.23. The Morgan fingerprint density at radius 2 is 0.759 bits per heavy atom. The third-order valence-electron chi connectivity index (χ3n) is 15.8. The minimum atomic E-state index is -1.58. The zero-order valence-corrected chi connectivity index (χ0v) is 53.4. The Bertz CT molecular complexity index is 1680. The van der Waals surface area contributed by atoms with E-state index in [-0.39, 0.29) is 12.5 Å². The number of ether oxygens (including phenoxy) is 2. The van der Waals surface area contributed by atoms with E-state index in [1.54, 1.807) is 6.08 Å². The topological polar surface area (TPSA) is 149 Å². The quantitative estimate of drug-likeness (QED) is 0.0261. The Balaban J connectivity index is 2.16. The summed E-state index contributed by atoms with van der Waals surface area (Å²) in [4.78, 5) is 13.1. The van der Waals surface area contributed by atoms with Crippen LogP contribution in [-0.4, -0.2) is 87.5 Å². The highest BCUT2D eigenvalue weighted by molar-refractivity contribution is 5.76. The summed E-state index contributed by atoms with van der Waals surface area (Å²) in [6, 6.07) is -0.835. The third-order valence-corrected chi connectivity index (χ3v) is 15.8. The van der Waals surface area contributed by atoms with Gasteiger partial charge >= 0.3 is 0 Å². The number of hydrogen-bond donors (Lipinski definition) is 6. The maximum Gasteiger partial charge on any atom is 0.220 e. The molecule has 9 heteroatoms. The lowest BCUT2D eigenvalue weighted by molar-refractivity contribution is -0.302. The molecule has 6 N–H and O–H groups in total. The molecule has 1 amide bonds. The predicted octanol–water partition coefficient (Wildman–Crippen LogP) is 18.9. The lowest BCUT2D eigenvalue weighted by atomic mass is 9.99. The van der Waals surface area contributed by atoms with Crippen LogP contribution in [0.3, 0.4) is 0 Å². The Morgan fingerprint density at radius 3 is 1.16 bits per heavy atom. The van der Waals surface area contributed by atoms with E-state index in [4.69, 9.17) is 9.47 Å². The lowest BCUT2D eigenvalue weighted by Gasteiger charge is -2.40. The first-order chi connectivity index (χ1) is 40.8. The van der Waals surface area contributed by atoms with Gasteiger partial charge < -0.3 is 40.3 Å². The van der Waals surface area contributed by atoms with Crippen molar-refractivity contribution in [3.05, 3.63) is 109 Å². The van der Waals surface area contributed by atoms with Gasteiger partial charge in [-0.2, -0.15) is 0 Å². The van der Waals surface area contributed by atoms with Crippen molar-refractivity contribution < 1.29 is 39.8 Å². The summed E-state index contributed by atoms with van der Waals surface area (Å²) in [5.41, 5.74) is 0. The van der Waals surface area contributed by atoms with Crippen LogP contribution in [0.15, 0.2) is 109 Å². The van der Waals surface area contributed by atoms with Gasteiger partial charge in [0.2, 0.25) is 5.91 Å². The minimum Gasteiger partial charge on any atom is -0.394 e. The monoisotopic (exact) mass is 1160 g/mol. The van der Waals surface area contributed by atoms with Crippen molar-refractivity contribution in [2.45, 2.75) is 339 Å². The summed E-state index contributed by atoms with van der Waals surface area (Å²) in [7, 11) is 0. The summed E-state index contributed by atoms with van der Waals surface area (Å²) in [5, 5.41) is 54.7. The molecule has 0 radical (unpaired) electrons. The number of nitrogens with one attached hydrogen (secondary N) is 1. The van der Waals surface area contributed by atoms with Gasteiger partial charge in [0, 0.05) is 6.42 Å². The van der Waals surface area contributed by atoms with Crippen LogP contribution in [0.4, 0.5) is 0 Å². The number of allylic oxidation sites excluding steroid dienone is 17. The molecule has 83 heavy (non-hydrogen) atoms. The molecule has 0 bridgehead atoms. The molecule has 478 valence electrons. The molecule has 0 aromatic heterocycles. The van der Waals surface area contributed by atoms with Crippen molar-refractivity contribution in [1.82, 2.24) is 5.32 Å². The first kappa shape index (κ1) is 77.9. The molecule has 1 aliphatic rings. The molecule has 1 saturated heterocycles. The number of aliphatic hydroxyl groups is 5. The molecular weight excluding hydrogens is 1030 g/mol. The van der Waals surface area contributed by atoms with Crippen LogP contribution in [0.25, 0.3) is 0 Å². The normalized spacial score (nSPS) is 19.0. The lowest BCUT2D eigenvalue weighted by Crippen LogP contribution is -2.60. The number of rotatable bonds is 59. The van der Waals surface area contributed by atoms with Gasteiger partial charge in [-0.05, 0) is 96.3 Å². The number of unbranched alkanes of at least 4 members (excludes halogenated alkanes) is 33. The van der Waals surface area contributed by atoms with E-state index in [0.29, 0.717) is 6.42 Å². The van der Waals surface area contributed by atoms with E-state index >= 15 is 0 Å². The first-order valence-corrected chi connectivity index (χ1v) is 34.6. The predicted molar refractivity (Wildman–Crippen MR) is 354 cm³/mol. The van der Waals surface area contributed by atoms with E-state index < -0.39 is 49.5 Å².